The summed E-state index contributed by atoms with van der Waals surface area (Å²) in [5, 5.41) is 8.99. The average Bonchev–Trinajstić information content (AvgIpc) is 2.70. The summed E-state index contributed by atoms with van der Waals surface area (Å²) in [5.74, 6) is -1.21. The van der Waals surface area contributed by atoms with Gasteiger partial charge in [-0.25, -0.2) is 9.18 Å². The maximum atomic E-state index is 13.1. The van der Waals surface area contributed by atoms with Crippen LogP contribution in [0.25, 0.3) is 0 Å². The van der Waals surface area contributed by atoms with Gasteiger partial charge in [0.1, 0.15) is 11.6 Å². The predicted molar refractivity (Wildman–Crippen MR) is 111 cm³/mol. The topological polar surface area (TPSA) is 96.1 Å². The van der Waals surface area contributed by atoms with Crippen molar-refractivity contribution in [1.29, 1.82) is 0 Å². The van der Waals surface area contributed by atoms with E-state index < -0.39 is 5.97 Å². The first-order chi connectivity index (χ1) is 14.2. The SMILES string of the molecule is C[C@@H]1CN(Cc2ccc(F)cc2)[C@@H](C)CN1C(=O)COc1ccc(C(=O)O)cc1N. The summed E-state index contributed by atoms with van der Waals surface area (Å²) in [4.78, 5) is 27.8. The minimum Gasteiger partial charge on any atom is -0.482 e. The molecule has 8 heteroatoms. The van der Waals surface area contributed by atoms with Crippen LogP contribution in [0.5, 0.6) is 5.75 Å². The van der Waals surface area contributed by atoms with Crippen molar-refractivity contribution in [3.8, 4) is 5.75 Å². The second kappa shape index (κ2) is 9.13. The molecular weight excluding hydrogens is 389 g/mol. The first kappa shape index (κ1) is 21.6. The number of halogens is 1. The number of rotatable bonds is 6. The number of amides is 1. The first-order valence-electron chi connectivity index (χ1n) is 9.78. The number of aromatic carboxylic acids is 1. The number of ether oxygens (including phenoxy) is 1. The Labute approximate surface area is 174 Å². The highest BCUT2D eigenvalue weighted by Crippen LogP contribution is 2.23. The van der Waals surface area contributed by atoms with Crippen LogP contribution in [0.1, 0.15) is 29.8 Å². The maximum absolute atomic E-state index is 13.1. The van der Waals surface area contributed by atoms with Crippen LogP contribution in [0.2, 0.25) is 0 Å². The summed E-state index contributed by atoms with van der Waals surface area (Å²) >= 11 is 0. The molecule has 0 bridgehead atoms. The standard InChI is InChI=1S/C22H26FN3O4/c1-14-11-26(15(2)10-25(14)12-16-3-6-18(23)7-4-16)21(27)13-30-20-8-5-17(22(28)29)9-19(20)24/h3-9,14-15H,10-13,24H2,1-2H3,(H,28,29)/t14-,15+/m0/s1. The molecule has 3 rings (SSSR count). The van der Waals surface area contributed by atoms with Crippen LogP contribution in [0.3, 0.4) is 0 Å². The van der Waals surface area contributed by atoms with Gasteiger partial charge in [0, 0.05) is 31.7 Å². The number of nitrogens with zero attached hydrogens (tertiary/aromatic N) is 2. The lowest BCUT2D eigenvalue weighted by atomic mass is 10.1. The largest absolute Gasteiger partial charge is 0.482 e. The fourth-order valence-electron chi connectivity index (χ4n) is 3.63. The lowest BCUT2D eigenvalue weighted by molar-refractivity contribution is -0.139. The van der Waals surface area contributed by atoms with E-state index in [0.717, 1.165) is 5.56 Å². The molecule has 2 atom stereocenters. The van der Waals surface area contributed by atoms with Crippen LogP contribution < -0.4 is 10.5 Å². The molecule has 1 heterocycles. The van der Waals surface area contributed by atoms with E-state index in [1.165, 1.54) is 30.3 Å². The fourth-order valence-corrected chi connectivity index (χ4v) is 3.63. The Balaban J connectivity index is 1.57. The van der Waals surface area contributed by atoms with Crippen molar-refractivity contribution in [3.05, 3.63) is 59.4 Å². The molecule has 160 valence electrons. The van der Waals surface area contributed by atoms with Crippen LogP contribution in [0.15, 0.2) is 42.5 Å². The second-order valence-electron chi connectivity index (χ2n) is 7.65. The summed E-state index contributed by atoms with van der Waals surface area (Å²) in [7, 11) is 0. The molecule has 2 aromatic rings. The zero-order chi connectivity index (χ0) is 21.8. The molecule has 1 aliphatic rings. The predicted octanol–water partition coefficient (Wildman–Crippen LogP) is 2.61. The van der Waals surface area contributed by atoms with E-state index in [1.807, 2.05) is 6.92 Å². The molecule has 0 spiro atoms. The summed E-state index contributed by atoms with van der Waals surface area (Å²) in [5.41, 5.74) is 7.09. The van der Waals surface area contributed by atoms with Crippen molar-refractivity contribution in [2.45, 2.75) is 32.5 Å². The van der Waals surface area contributed by atoms with E-state index >= 15 is 0 Å². The summed E-state index contributed by atoms with van der Waals surface area (Å²) < 4.78 is 18.7. The number of carbonyl (C=O) groups excluding carboxylic acids is 1. The van der Waals surface area contributed by atoms with Crippen molar-refractivity contribution in [3.63, 3.8) is 0 Å². The van der Waals surface area contributed by atoms with Crippen LogP contribution in [-0.4, -0.2) is 58.6 Å². The van der Waals surface area contributed by atoms with Gasteiger partial charge in [-0.05, 0) is 49.7 Å². The van der Waals surface area contributed by atoms with Gasteiger partial charge in [-0.2, -0.15) is 0 Å². The quantitative estimate of drug-likeness (QED) is 0.704. The highest BCUT2D eigenvalue weighted by Gasteiger charge is 2.32. The molecule has 30 heavy (non-hydrogen) atoms. The zero-order valence-corrected chi connectivity index (χ0v) is 17.0. The molecule has 3 N–H and O–H groups in total. The molecule has 1 amide bonds. The Morgan fingerprint density at radius 3 is 2.47 bits per heavy atom. The van der Waals surface area contributed by atoms with Crippen molar-refractivity contribution in [2.24, 2.45) is 0 Å². The average molecular weight is 415 g/mol. The number of nitrogen functional groups attached to an aromatic ring is 1. The Kier molecular flexibility index (Phi) is 6.56. The monoisotopic (exact) mass is 415 g/mol. The number of carboxylic acids is 1. The molecular formula is C22H26FN3O4. The van der Waals surface area contributed by atoms with Gasteiger partial charge in [0.15, 0.2) is 6.61 Å². The third-order valence-electron chi connectivity index (χ3n) is 5.34. The van der Waals surface area contributed by atoms with Crippen molar-refractivity contribution >= 4 is 17.6 Å². The highest BCUT2D eigenvalue weighted by atomic mass is 19.1. The molecule has 1 saturated heterocycles. The van der Waals surface area contributed by atoms with E-state index in [1.54, 1.807) is 17.0 Å². The number of benzene rings is 2. The van der Waals surface area contributed by atoms with Gasteiger partial charge in [-0.3, -0.25) is 9.69 Å². The maximum Gasteiger partial charge on any atom is 0.335 e. The number of hydrogen-bond acceptors (Lipinski definition) is 5. The molecule has 0 unspecified atom stereocenters. The molecule has 0 aromatic heterocycles. The van der Waals surface area contributed by atoms with Crippen LogP contribution in [0, 0.1) is 5.82 Å². The van der Waals surface area contributed by atoms with Crippen molar-refractivity contribution < 1.29 is 23.8 Å². The van der Waals surface area contributed by atoms with E-state index in [0.29, 0.717) is 19.6 Å². The fraction of sp³-hybridized carbons (Fsp3) is 0.364. The minimum absolute atomic E-state index is 0.00974. The summed E-state index contributed by atoms with van der Waals surface area (Å²) in [6.07, 6.45) is 0. The van der Waals surface area contributed by atoms with Crippen LogP contribution in [0.4, 0.5) is 10.1 Å². The molecule has 2 aromatic carbocycles. The molecule has 0 aliphatic carbocycles. The van der Waals surface area contributed by atoms with Crippen molar-refractivity contribution in [2.75, 3.05) is 25.4 Å². The Hall–Kier alpha value is -3.13. The summed E-state index contributed by atoms with van der Waals surface area (Å²) in [6, 6.07) is 10.7. The first-order valence-corrected chi connectivity index (χ1v) is 9.78. The van der Waals surface area contributed by atoms with Gasteiger partial charge in [0.05, 0.1) is 11.3 Å². The van der Waals surface area contributed by atoms with Gasteiger partial charge < -0.3 is 20.5 Å². The van der Waals surface area contributed by atoms with Gasteiger partial charge >= 0.3 is 5.97 Å². The van der Waals surface area contributed by atoms with Gasteiger partial charge in [-0.15, -0.1) is 0 Å². The van der Waals surface area contributed by atoms with Crippen LogP contribution >= 0.6 is 0 Å². The molecule has 7 nitrogen and oxygen atoms in total. The smallest absolute Gasteiger partial charge is 0.335 e. The molecule has 0 saturated carbocycles. The Morgan fingerprint density at radius 1 is 1.13 bits per heavy atom. The Morgan fingerprint density at radius 2 is 1.83 bits per heavy atom. The van der Waals surface area contributed by atoms with E-state index in [9.17, 15) is 14.0 Å². The van der Waals surface area contributed by atoms with Gasteiger partial charge in [0.25, 0.3) is 5.91 Å². The van der Waals surface area contributed by atoms with Crippen molar-refractivity contribution in [1.82, 2.24) is 9.80 Å². The van der Waals surface area contributed by atoms with Crippen LogP contribution in [-0.2, 0) is 11.3 Å². The normalized spacial score (nSPS) is 19.5. The molecule has 0 radical (unpaired) electrons. The third-order valence-corrected chi connectivity index (χ3v) is 5.34. The zero-order valence-electron chi connectivity index (χ0n) is 17.0. The molecule has 1 aliphatic heterocycles. The number of hydrogen-bond donors (Lipinski definition) is 2. The number of carboxylic acid groups (broad SMARTS) is 1. The molecule has 1 fully saturated rings. The van der Waals surface area contributed by atoms with E-state index in [-0.39, 0.29) is 47.4 Å². The van der Waals surface area contributed by atoms with Gasteiger partial charge in [-0.1, -0.05) is 12.1 Å². The Bertz CT molecular complexity index is 919. The van der Waals surface area contributed by atoms with E-state index in [2.05, 4.69) is 11.8 Å². The summed E-state index contributed by atoms with van der Waals surface area (Å²) in [6.45, 7) is 5.80. The number of anilines is 1. The lowest BCUT2D eigenvalue weighted by Gasteiger charge is -2.44. The highest BCUT2D eigenvalue weighted by molar-refractivity contribution is 5.89. The second-order valence-corrected chi connectivity index (χ2v) is 7.65. The third kappa shape index (κ3) is 5.07. The lowest BCUT2D eigenvalue weighted by Crippen LogP contribution is -2.58. The van der Waals surface area contributed by atoms with Gasteiger partial charge in [0.2, 0.25) is 0 Å². The number of nitrogens with two attached hydrogens (primary N) is 1. The number of carbonyl (C=O) groups is 2. The number of piperazine rings is 1. The van der Waals surface area contributed by atoms with E-state index in [4.69, 9.17) is 15.6 Å². The minimum atomic E-state index is -1.08.